The maximum Gasteiger partial charge on any atom is 0.315 e. The molecule has 0 spiro atoms. The van der Waals surface area contributed by atoms with E-state index in [4.69, 9.17) is 10.5 Å². The van der Waals surface area contributed by atoms with Gasteiger partial charge in [-0.3, -0.25) is 9.69 Å². The molecule has 3 unspecified atom stereocenters. The van der Waals surface area contributed by atoms with Crippen LogP contribution in [0.3, 0.4) is 0 Å². The van der Waals surface area contributed by atoms with Crippen molar-refractivity contribution in [3.63, 3.8) is 0 Å². The van der Waals surface area contributed by atoms with Crippen LogP contribution in [-0.4, -0.2) is 72.2 Å². The van der Waals surface area contributed by atoms with Gasteiger partial charge in [0.15, 0.2) is 0 Å². The number of hydrogen-bond acceptors (Lipinski definition) is 5. The number of hydrogen-bond donors (Lipinski definition) is 2. The summed E-state index contributed by atoms with van der Waals surface area (Å²) in [6, 6.07) is 1.98. The first kappa shape index (κ1) is 24.8. The van der Waals surface area contributed by atoms with Crippen LogP contribution in [0.5, 0.6) is 0 Å². The third kappa shape index (κ3) is 5.93. The van der Waals surface area contributed by atoms with Crippen LogP contribution in [0.1, 0.15) is 66.2 Å². The van der Waals surface area contributed by atoms with Crippen molar-refractivity contribution < 1.29 is 14.3 Å². The number of likely N-dealkylation sites (tertiary alicyclic amines) is 1. The normalized spacial score (nSPS) is 32.8. The zero-order valence-corrected chi connectivity index (χ0v) is 20.2. The van der Waals surface area contributed by atoms with E-state index in [0.717, 1.165) is 25.3 Å². The number of nitrogens with one attached hydrogen (secondary N) is 1. The fourth-order valence-corrected chi connectivity index (χ4v) is 5.60. The number of morpholine rings is 1. The van der Waals surface area contributed by atoms with Gasteiger partial charge in [-0.2, -0.15) is 5.26 Å². The van der Waals surface area contributed by atoms with Gasteiger partial charge in [0.25, 0.3) is 0 Å². The third-order valence-corrected chi connectivity index (χ3v) is 7.46. The molecule has 0 bridgehead atoms. The van der Waals surface area contributed by atoms with Gasteiger partial charge in [0.05, 0.1) is 31.2 Å². The van der Waals surface area contributed by atoms with E-state index in [1.54, 1.807) is 4.90 Å². The molecule has 1 aliphatic carbocycles. The largest absolute Gasteiger partial charge is 0.377 e. The predicted molar refractivity (Wildman–Crippen MR) is 123 cm³/mol. The van der Waals surface area contributed by atoms with Gasteiger partial charge in [-0.15, -0.1) is 0 Å². The molecule has 3 fully saturated rings. The van der Waals surface area contributed by atoms with E-state index in [9.17, 15) is 14.9 Å². The number of nitriles is 1. The molecule has 0 aromatic carbocycles. The molecule has 8 heteroatoms. The summed E-state index contributed by atoms with van der Waals surface area (Å²) in [4.78, 5) is 29.6. The monoisotopic (exact) mass is 447 g/mol. The predicted octanol–water partition coefficient (Wildman–Crippen LogP) is 2.48. The zero-order chi connectivity index (χ0) is 23.5. The first-order valence-corrected chi connectivity index (χ1v) is 12.1. The summed E-state index contributed by atoms with van der Waals surface area (Å²) in [5.74, 6) is 0.110. The summed E-state index contributed by atoms with van der Waals surface area (Å²) in [7, 11) is 0. The van der Waals surface area contributed by atoms with Crippen molar-refractivity contribution in [3.8, 4) is 6.07 Å². The number of carbonyl (C=O) groups is 2. The van der Waals surface area contributed by atoms with Crippen LogP contribution in [0.25, 0.3) is 0 Å². The Hall–Kier alpha value is -1.85. The SMILES string of the molecule is CC1CCC(N2CCC(C#N)(NC(=O)C(CC(C)(C)C)C3COCCN3C(N)=O)C2)CC1. The zero-order valence-electron chi connectivity index (χ0n) is 20.2. The summed E-state index contributed by atoms with van der Waals surface area (Å²) in [6.45, 7) is 11.0. The van der Waals surface area contributed by atoms with Crippen molar-refractivity contribution in [1.82, 2.24) is 15.1 Å². The number of ether oxygens (including phenoxy) is 1. The lowest BCUT2D eigenvalue weighted by molar-refractivity contribution is -0.132. The second-order valence-electron chi connectivity index (χ2n) is 11.4. The molecule has 2 aliphatic heterocycles. The second kappa shape index (κ2) is 9.96. The van der Waals surface area contributed by atoms with E-state index < -0.39 is 23.5 Å². The molecule has 3 aliphatic rings. The summed E-state index contributed by atoms with van der Waals surface area (Å²) >= 11 is 0. The van der Waals surface area contributed by atoms with Gasteiger partial charge in [-0.1, -0.05) is 27.7 Å². The van der Waals surface area contributed by atoms with Crippen LogP contribution in [0.4, 0.5) is 4.79 Å². The Bertz CT molecular complexity index is 722. The Labute approximate surface area is 192 Å². The summed E-state index contributed by atoms with van der Waals surface area (Å²) < 4.78 is 5.63. The minimum atomic E-state index is -0.886. The summed E-state index contributed by atoms with van der Waals surface area (Å²) in [5, 5.41) is 13.2. The molecule has 3 amide bonds. The van der Waals surface area contributed by atoms with Crippen LogP contribution in [0.2, 0.25) is 0 Å². The molecule has 32 heavy (non-hydrogen) atoms. The minimum absolute atomic E-state index is 0.136. The van der Waals surface area contributed by atoms with Crippen molar-refractivity contribution in [2.24, 2.45) is 23.0 Å². The fourth-order valence-electron chi connectivity index (χ4n) is 5.60. The van der Waals surface area contributed by atoms with Crippen LogP contribution in [0.15, 0.2) is 0 Å². The van der Waals surface area contributed by atoms with E-state index in [0.29, 0.717) is 38.6 Å². The van der Waals surface area contributed by atoms with E-state index in [1.807, 2.05) is 0 Å². The quantitative estimate of drug-likeness (QED) is 0.672. The lowest BCUT2D eigenvalue weighted by Crippen LogP contribution is -2.60. The fraction of sp³-hybridized carbons (Fsp3) is 0.875. The number of nitrogens with two attached hydrogens (primary N) is 1. The Morgan fingerprint density at radius 3 is 2.53 bits per heavy atom. The standard InChI is InChI=1S/C24H41N5O3/c1-17-5-7-18(8-6-17)28-10-9-24(15-25,16-28)27-21(30)19(13-23(2,3)4)20-14-32-12-11-29(20)22(26)31/h17-20H,5-14,16H2,1-4H3,(H2,26,31)(H,27,30). The first-order chi connectivity index (χ1) is 15.0. The Morgan fingerprint density at radius 2 is 1.94 bits per heavy atom. The van der Waals surface area contributed by atoms with Crippen LogP contribution < -0.4 is 11.1 Å². The van der Waals surface area contributed by atoms with Gasteiger partial charge in [0, 0.05) is 25.7 Å². The van der Waals surface area contributed by atoms with E-state index >= 15 is 0 Å². The Kier molecular flexibility index (Phi) is 7.72. The summed E-state index contributed by atoms with van der Waals surface area (Å²) in [5.41, 5.74) is 4.60. The second-order valence-corrected chi connectivity index (χ2v) is 11.4. The Morgan fingerprint density at radius 1 is 1.25 bits per heavy atom. The molecule has 2 saturated heterocycles. The van der Waals surface area contributed by atoms with Crippen LogP contribution >= 0.6 is 0 Å². The highest BCUT2D eigenvalue weighted by molar-refractivity contribution is 5.82. The molecule has 180 valence electrons. The molecule has 2 heterocycles. The Balaban J connectivity index is 1.74. The average Bonchev–Trinajstić information content (AvgIpc) is 3.16. The molecular formula is C24H41N5O3. The smallest absolute Gasteiger partial charge is 0.315 e. The molecule has 3 atom stereocenters. The van der Waals surface area contributed by atoms with Crippen molar-refractivity contribution in [3.05, 3.63) is 0 Å². The number of carbonyl (C=O) groups excluding carboxylic acids is 2. The molecule has 1 saturated carbocycles. The molecule has 0 aromatic heterocycles. The minimum Gasteiger partial charge on any atom is -0.377 e. The average molecular weight is 448 g/mol. The lowest BCUT2D eigenvalue weighted by atomic mass is 9.79. The van der Waals surface area contributed by atoms with E-state index in [2.05, 4.69) is 44.0 Å². The van der Waals surface area contributed by atoms with Gasteiger partial charge in [-0.05, 0) is 49.9 Å². The lowest BCUT2D eigenvalue weighted by Gasteiger charge is -2.41. The van der Waals surface area contributed by atoms with Gasteiger partial charge < -0.3 is 20.7 Å². The number of nitrogens with zero attached hydrogens (tertiary/aromatic N) is 3. The maximum absolute atomic E-state index is 13.6. The van der Waals surface area contributed by atoms with Crippen molar-refractivity contribution >= 4 is 11.9 Å². The molecule has 0 radical (unpaired) electrons. The van der Waals surface area contributed by atoms with Gasteiger partial charge in [-0.25, -0.2) is 4.79 Å². The molecule has 3 rings (SSSR count). The highest BCUT2D eigenvalue weighted by Crippen LogP contribution is 2.34. The highest BCUT2D eigenvalue weighted by Gasteiger charge is 2.46. The third-order valence-electron chi connectivity index (χ3n) is 7.46. The molecule has 8 nitrogen and oxygen atoms in total. The van der Waals surface area contributed by atoms with Crippen LogP contribution in [0, 0.1) is 28.6 Å². The highest BCUT2D eigenvalue weighted by atomic mass is 16.5. The van der Waals surface area contributed by atoms with E-state index in [1.165, 1.54) is 12.8 Å². The van der Waals surface area contributed by atoms with Crippen LogP contribution in [-0.2, 0) is 9.53 Å². The summed E-state index contributed by atoms with van der Waals surface area (Å²) in [6.07, 6.45) is 5.98. The van der Waals surface area contributed by atoms with Gasteiger partial charge in [0.2, 0.25) is 5.91 Å². The first-order valence-electron chi connectivity index (χ1n) is 12.1. The van der Waals surface area contributed by atoms with Crippen molar-refractivity contribution in [2.45, 2.75) is 83.8 Å². The van der Waals surface area contributed by atoms with E-state index in [-0.39, 0.29) is 17.9 Å². The number of urea groups is 1. The van der Waals surface area contributed by atoms with Gasteiger partial charge >= 0.3 is 6.03 Å². The van der Waals surface area contributed by atoms with Crippen molar-refractivity contribution in [2.75, 3.05) is 32.8 Å². The maximum atomic E-state index is 13.6. The molecule has 3 N–H and O–H groups in total. The van der Waals surface area contributed by atoms with Gasteiger partial charge in [0.1, 0.15) is 5.54 Å². The number of primary amides is 1. The topological polar surface area (TPSA) is 112 Å². The molecular weight excluding hydrogens is 406 g/mol. The van der Waals surface area contributed by atoms with Crippen molar-refractivity contribution in [1.29, 1.82) is 5.26 Å². The number of rotatable bonds is 5. The number of amides is 3. The molecule has 0 aromatic rings.